The van der Waals surface area contributed by atoms with Gasteiger partial charge < -0.3 is 5.73 Å². The predicted octanol–water partition coefficient (Wildman–Crippen LogP) is 2.83. The maximum atomic E-state index is 5.63. The summed E-state index contributed by atoms with van der Waals surface area (Å²) < 4.78 is 2.14. The van der Waals surface area contributed by atoms with Gasteiger partial charge in [0.25, 0.3) is 0 Å². The molecule has 0 aromatic carbocycles. The molecule has 1 rings (SSSR count). The van der Waals surface area contributed by atoms with Crippen molar-refractivity contribution < 1.29 is 0 Å². The molecule has 0 saturated carbocycles. The van der Waals surface area contributed by atoms with E-state index in [1.807, 2.05) is 0 Å². The van der Waals surface area contributed by atoms with Gasteiger partial charge in [0, 0.05) is 12.2 Å². The highest BCUT2D eigenvalue weighted by molar-refractivity contribution is 5.24. The summed E-state index contributed by atoms with van der Waals surface area (Å²) in [5.74, 6) is 0. The van der Waals surface area contributed by atoms with Crippen LogP contribution in [0.25, 0.3) is 0 Å². The number of hydrogen-bond acceptors (Lipinski definition) is 2. The molecule has 3 nitrogen and oxygen atoms in total. The second-order valence-corrected chi connectivity index (χ2v) is 6.08. The Hall–Kier alpha value is -0.830. The minimum Gasteiger partial charge on any atom is -0.330 e. The number of aromatic nitrogens is 2. The van der Waals surface area contributed by atoms with Gasteiger partial charge in [0.05, 0.1) is 5.69 Å². The Bertz CT molecular complexity index is 358. The monoisotopic (exact) mass is 237 g/mol. The quantitative estimate of drug-likeness (QED) is 0.855. The zero-order chi connectivity index (χ0) is 13.1. The van der Waals surface area contributed by atoms with Crippen LogP contribution in [0.4, 0.5) is 0 Å². The molecule has 0 atom stereocenters. The lowest BCUT2D eigenvalue weighted by Crippen LogP contribution is -2.09. The van der Waals surface area contributed by atoms with Crippen LogP contribution >= 0.6 is 0 Å². The molecule has 0 bridgehead atoms. The second-order valence-electron chi connectivity index (χ2n) is 6.08. The molecule has 0 aliphatic carbocycles. The molecule has 0 amide bonds. The van der Waals surface area contributed by atoms with Crippen LogP contribution in [0.1, 0.15) is 50.6 Å². The van der Waals surface area contributed by atoms with Crippen LogP contribution in [0.15, 0.2) is 0 Å². The molecule has 0 aliphatic heterocycles. The third kappa shape index (κ3) is 4.15. The van der Waals surface area contributed by atoms with Gasteiger partial charge >= 0.3 is 0 Å². The Labute approximate surface area is 105 Å². The normalized spacial score (nSPS) is 12.1. The van der Waals surface area contributed by atoms with Gasteiger partial charge in [0.1, 0.15) is 0 Å². The second kappa shape index (κ2) is 5.67. The first kappa shape index (κ1) is 14.2. The summed E-state index contributed by atoms with van der Waals surface area (Å²) in [6.07, 6.45) is 3.36. The first-order chi connectivity index (χ1) is 7.85. The predicted molar refractivity (Wildman–Crippen MR) is 73.1 cm³/mol. The Morgan fingerprint density at radius 2 is 1.88 bits per heavy atom. The third-order valence-corrected chi connectivity index (χ3v) is 3.22. The van der Waals surface area contributed by atoms with Crippen LogP contribution < -0.4 is 5.73 Å². The molecule has 2 N–H and O–H groups in total. The molecule has 0 aliphatic rings. The van der Waals surface area contributed by atoms with Gasteiger partial charge in [-0.2, -0.15) is 5.10 Å². The first-order valence-corrected chi connectivity index (χ1v) is 6.58. The smallest absolute Gasteiger partial charge is 0.0628 e. The van der Waals surface area contributed by atoms with Crippen LogP contribution in [0.2, 0.25) is 0 Å². The fraction of sp³-hybridized carbons (Fsp3) is 0.786. The van der Waals surface area contributed by atoms with Crippen molar-refractivity contribution in [3.05, 3.63) is 17.0 Å². The van der Waals surface area contributed by atoms with Crippen molar-refractivity contribution in [1.82, 2.24) is 9.78 Å². The van der Waals surface area contributed by atoms with Gasteiger partial charge in [0.15, 0.2) is 0 Å². The van der Waals surface area contributed by atoms with E-state index >= 15 is 0 Å². The van der Waals surface area contributed by atoms with E-state index in [1.165, 1.54) is 24.1 Å². The van der Waals surface area contributed by atoms with E-state index in [0.717, 1.165) is 18.7 Å². The van der Waals surface area contributed by atoms with Crippen molar-refractivity contribution in [1.29, 1.82) is 0 Å². The molecule has 98 valence electrons. The third-order valence-electron chi connectivity index (χ3n) is 3.22. The summed E-state index contributed by atoms with van der Waals surface area (Å²) in [4.78, 5) is 0. The highest BCUT2D eigenvalue weighted by atomic mass is 15.3. The lowest BCUT2D eigenvalue weighted by atomic mass is 9.91. The number of hydrogen-bond donors (Lipinski definition) is 1. The topological polar surface area (TPSA) is 43.8 Å². The molecule has 3 heteroatoms. The zero-order valence-electron chi connectivity index (χ0n) is 12.0. The molecule has 1 aromatic heterocycles. The van der Waals surface area contributed by atoms with E-state index in [2.05, 4.69) is 44.4 Å². The molecule has 0 radical (unpaired) electrons. The van der Waals surface area contributed by atoms with E-state index in [0.29, 0.717) is 12.0 Å². The summed E-state index contributed by atoms with van der Waals surface area (Å²) in [5.41, 5.74) is 9.81. The summed E-state index contributed by atoms with van der Waals surface area (Å²) in [6, 6.07) is 0. The van der Waals surface area contributed by atoms with Gasteiger partial charge in [-0.15, -0.1) is 0 Å². The highest BCUT2D eigenvalue weighted by Gasteiger charge is 2.13. The molecule has 0 spiro atoms. The number of aryl methyl sites for hydroxylation is 2. The molecule has 1 heterocycles. The SMILES string of the molecule is Cc1nn(CCCC(C)(C)C)c(C)c1CCN. The van der Waals surface area contributed by atoms with Crippen molar-refractivity contribution in [2.75, 3.05) is 6.54 Å². The first-order valence-electron chi connectivity index (χ1n) is 6.58. The van der Waals surface area contributed by atoms with Gasteiger partial charge in [0.2, 0.25) is 0 Å². The van der Waals surface area contributed by atoms with Crippen molar-refractivity contribution in [3.8, 4) is 0 Å². The van der Waals surface area contributed by atoms with Crippen molar-refractivity contribution in [3.63, 3.8) is 0 Å². The average Bonchev–Trinajstić information content (AvgIpc) is 2.45. The lowest BCUT2D eigenvalue weighted by Gasteiger charge is -2.17. The minimum atomic E-state index is 0.413. The van der Waals surface area contributed by atoms with Gasteiger partial charge in [-0.25, -0.2) is 0 Å². The molecule has 0 unspecified atom stereocenters. The fourth-order valence-corrected chi connectivity index (χ4v) is 2.22. The number of rotatable bonds is 5. The lowest BCUT2D eigenvalue weighted by molar-refractivity contribution is 0.347. The minimum absolute atomic E-state index is 0.413. The van der Waals surface area contributed by atoms with Gasteiger partial charge in [-0.3, -0.25) is 4.68 Å². The summed E-state index contributed by atoms with van der Waals surface area (Å²) >= 11 is 0. The maximum absolute atomic E-state index is 5.63. The van der Waals surface area contributed by atoms with Crippen molar-refractivity contribution >= 4 is 0 Å². The van der Waals surface area contributed by atoms with Crippen molar-refractivity contribution in [2.24, 2.45) is 11.1 Å². The van der Waals surface area contributed by atoms with E-state index in [4.69, 9.17) is 5.73 Å². The number of nitrogens with two attached hydrogens (primary N) is 1. The molecular formula is C14H27N3. The van der Waals surface area contributed by atoms with Crippen LogP contribution in [0.5, 0.6) is 0 Å². The zero-order valence-corrected chi connectivity index (χ0v) is 12.0. The van der Waals surface area contributed by atoms with Gasteiger partial charge in [-0.1, -0.05) is 20.8 Å². The standard InChI is InChI=1S/C14H27N3/c1-11-13(7-9-15)12(2)17(16-11)10-6-8-14(3,4)5/h6-10,15H2,1-5H3. The summed E-state index contributed by atoms with van der Waals surface area (Å²) in [7, 11) is 0. The molecular weight excluding hydrogens is 210 g/mol. The highest BCUT2D eigenvalue weighted by Crippen LogP contribution is 2.21. The van der Waals surface area contributed by atoms with Crippen LogP contribution in [-0.4, -0.2) is 16.3 Å². The van der Waals surface area contributed by atoms with E-state index in [1.54, 1.807) is 0 Å². The average molecular weight is 237 g/mol. The maximum Gasteiger partial charge on any atom is 0.0628 e. The Morgan fingerprint density at radius 3 is 2.41 bits per heavy atom. The van der Waals surface area contributed by atoms with Crippen LogP contribution in [0.3, 0.4) is 0 Å². The number of nitrogens with zero attached hydrogens (tertiary/aromatic N) is 2. The van der Waals surface area contributed by atoms with Crippen molar-refractivity contribution in [2.45, 2.75) is 60.4 Å². The fourth-order valence-electron chi connectivity index (χ4n) is 2.22. The van der Waals surface area contributed by atoms with Crippen LogP contribution in [0, 0.1) is 19.3 Å². The largest absolute Gasteiger partial charge is 0.330 e. The Morgan fingerprint density at radius 1 is 1.24 bits per heavy atom. The summed E-state index contributed by atoms with van der Waals surface area (Å²) in [6.45, 7) is 12.8. The van der Waals surface area contributed by atoms with E-state index < -0.39 is 0 Å². The molecule has 1 aromatic rings. The molecule has 0 saturated heterocycles. The Balaban J connectivity index is 2.63. The van der Waals surface area contributed by atoms with Gasteiger partial charge in [-0.05, 0) is 50.6 Å². The molecule has 17 heavy (non-hydrogen) atoms. The molecule has 0 fully saturated rings. The van der Waals surface area contributed by atoms with E-state index in [-0.39, 0.29) is 0 Å². The summed E-state index contributed by atoms with van der Waals surface area (Å²) in [5, 5.41) is 4.61. The van der Waals surface area contributed by atoms with Crippen LogP contribution in [-0.2, 0) is 13.0 Å². The van der Waals surface area contributed by atoms with E-state index in [9.17, 15) is 0 Å². The Kier molecular flexibility index (Phi) is 4.75.